The maximum absolute atomic E-state index is 5.46. The molecule has 1 nitrogen and oxygen atoms in total. The minimum absolute atomic E-state index is 0.0562. The van der Waals surface area contributed by atoms with E-state index in [1.165, 1.54) is 5.56 Å². The van der Waals surface area contributed by atoms with Crippen molar-refractivity contribution in [3.63, 3.8) is 0 Å². The van der Waals surface area contributed by atoms with Crippen molar-refractivity contribution >= 4 is 15.9 Å². The summed E-state index contributed by atoms with van der Waals surface area (Å²) in [4.78, 5) is 0. The van der Waals surface area contributed by atoms with Gasteiger partial charge in [-0.05, 0) is 24.1 Å². The Morgan fingerprint density at radius 1 is 1.42 bits per heavy atom. The Morgan fingerprint density at radius 3 is 2.42 bits per heavy atom. The van der Waals surface area contributed by atoms with Crippen LogP contribution in [0.15, 0.2) is 28.7 Å². The SMILES string of the molecule is CCC1(c2ccc(Br)cc2)CO1. The van der Waals surface area contributed by atoms with Crippen molar-refractivity contribution in [3.8, 4) is 0 Å². The van der Waals surface area contributed by atoms with Gasteiger partial charge in [-0.1, -0.05) is 35.0 Å². The molecule has 0 N–H and O–H groups in total. The number of benzene rings is 1. The Labute approximate surface area is 80.9 Å². The maximum atomic E-state index is 5.46. The first-order chi connectivity index (χ1) is 5.77. The normalized spacial score (nSPS) is 27.2. The molecule has 1 aromatic rings. The Balaban J connectivity index is 2.29. The molecule has 1 aliphatic rings. The molecule has 0 saturated carbocycles. The minimum Gasteiger partial charge on any atom is -0.365 e. The lowest BCUT2D eigenvalue weighted by molar-refractivity contribution is 0.301. The van der Waals surface area contributed by atoms with Crippen LogP contribution in [0, 0.1) is 0 Å². The van der Waals surface area contributed by atoms with Gasteiger partial charge in [-0.15, -0.1) is 0 Å². The summed E-state index contributed by atoms with van der Waals surface area (Å²) in [6.07, 6.45) is 1.06. The van der Waals surface area contributed by atoms with E-state index < -0.39 is 0 Å². The highest BCUT2D eigenvalue weighted by molar-refractivity contribution is 9.10. The zero-order valence-electron chi connectivity index (χ0n) is 7.01. The van der Waals surface area contributed by atoms with Crippen molar-refractivity contribution < 1.29 is 4.74 Å². The molecule has 0 amide bonds. The van der Waals surface area contributed by atoms with Gasteiger partial charge in [-0.3, -0.25) is 0 Å². The molecule has 0 aliphatic carbocycles. The fourth-order valence-corrected chi connectivity index (χ4v) is 1.68. The molecule has 1 atom stereocenters. The third-order valence-electron chi connectivity index (χ3n) is 2.43. The molecule has 1 heterocycles. The van der Waals surface area contributed by atoms with E-state index >= 15 is 0 Å². The highest BCUT2D eigenvalue weighted by atomic mass is 79.9. The molecule has 2 heteroatoms. The summed E-state index contributed by atoms with van der Waals surface area (Å²) < 4.78 is 6.58. The van der Waals surface area contributed by atoms with Gasteiger partial charge in [0.15, 0.2) is 0 Å². The summed E-state index contributed by atoms with van der Waals surface area (Å²) in [5.41, 5.74) is 1.36. The first-order valence-corrected chi connectivity index (χ1v) is 4.96. The Bertz CT molecular complexity index is 274. The van der Waals surface area contributed by atoms with Crippen LogP contribution in [-0.2, 0) is 10.3 Å². The zero-order chi connectivity index (χ0) is 8.60. The number of hydrogen-bond donors (Lipinski definition) is 0. The smallest absolute Gasteiger partial charge is 0.116 e. The van der Waals surface area contributed by atoms with Gasteiger partial charge in [0.1, 0.15) is 5.60 Å². The van der Waals surface area contributed by atoms with E-state index in [2.05, 4.69) is 47.1 Å². The molecule has 2 rings (SSSR count). The van der Waals surface area contributed by atoms with E-state index in [0.717, 1.165) is 17.5 Å². The minimum atomic E-state index is 0.0562. The second kappa shape index (κ2) is 2.86. The summed E-state index contributed by atoms with van der Waals surface area (Å²) in [5, 5.41) is 0. The molecule has 1 aromatic carbocycles. The molecule has 0 aromatic heterocycles. The number of rotatable bonds is 2. The fraction of sp³-hybridized carbons (Fsp3) is 0.400. The van der Waals surface area contributed by atoms with Gasteiger partial charge in [-0.25, -0.2) is 0 Å². The van der Waals surface area contributed by atoms with Crippen LogP contribution < -0.4 is 0 Å². The van der Waals surface area contributed by atoms with Gasteiger partial charge < -0.3 is 4.74 Å². The van der Waals surface area contributed by atoms with Crippen LogP contribution >= 0.6 is 15.9 Å². The molecule has 1 saturated heterocycles. The second-order valence-electron chi connectivity index (χ2n) is 3.14. The molecule has 12 heavy (non-hydrogen) atoms. The van der Waals surface area contributed by atoms with E-state index in [1.54, 1.807) is 0 Å². The van der Waals surface area contributed by atoms with Gasteiger partial charge in [-0.2, -0.15) is 0 Å². The first kappa shape index (κ1) is 8.27. The average molecular weight is 227 g/mol. The molecule has 0 bridgehead atoms. The van der Waals surface area contributed by atoms with Gasteiger partial charge in [0.25, 0.3) is 0 Å². The molecule has 0 spiro atoms. The van der Waals surface area contributed by atoms with Crippen LogP contribution in [0.4, 0.5) is 0 Å². The lowest BCUT2D eigenvalue weighted by Crippen LogP contribution is -2.05. The molecule has 1 unspecified atom stereocenters. The largest absolute Gasteiger partial charge is 0.365 e. The number of halogens is 1. The quantitative estimate of drug-likeness (QED) is 0.707. The molecule has 1 fully saturated rings. The number of ether oxygens (including phenoxy) is 1. The van der Waals surface area contributed by atoms with E-state index in [-0.39, 0.29) is 5.60 Å². The van der Waals surface area contributed by atoms with Crippen molar-refractivity contribution in [1.82, 2.24) is 0 Å². The second-order valence-corrected chi connectivity index (χ2v) is 4.06. The Kier molecular flexibility index (Phi) is 1.97. The third kappa shape index (κ3) is 1.29. The molecule has 1 aliphatic heterocycles. The predicted octanol–water partition coefficient (Wildman–Crippen LogP) is 3.08. The highest BCUT2D eigenvalue weighted by Gasteiger charge is 2.44. The van der Waals surface area contributed by atoms with Crippen LogP contribution in [0.3, 0.4) is 0 Å². The molecule has 0 radical (unpaired) electrons. The van der Waals surface area contributed by atoms with E-state index in [1.807, 2.05) is 0 Å². The summed E-state index contributed by atoms with van der Waals surface area (Å²) in [5.74, 6) is 0. The van der Waals surface area contributed by atoms with Crippen LogP contribution in [0.25, 0.3) is 0 Å². The number of epoxide rings is 1. The van der Waals surface area contributed by atoms with Crippen LogP contribution in [0.1, 0.15) is 18.9 Å². The summed E-state index contributed by atoms with van der Waals surface area (Å²) in [6.45, 7) is 3.04. The maximum Gasteiger partial charge on any atom is 0.116 e. The van der Waals surface area contributed by atoms with E-state index in [4.69, 9.17) is 4.74 Å². The van der Waals surface area contributed by atoms with Gasteiger partial charge in [0.2, 0.25) is 0 Å². The van der Waals surface area contributed by atoms with Crippen LogP contribution in [0.5, 0.6) is 0 Å². The Morgan fingerprint density at radius 2 is 2.00 bits per heavy atom. The van der Waals surface area contributed by atoms with E-state index in [0.29, 0.717) is 0 Å². The van der Waals surface area contributed by atoms with Crippen molar-refractivity contribution in [3.05, 3.63) is 34.3 Å². The van der Waals surface area contributed by atoms with Gasteiger partial charge in [0, 0.05) is 4.47 Å². The van der Waals surface area contributed by atoms with Gasteiger partial charge >= 0.3 is 0 Å². The monoisotopic (exact) mass is 226 g/mol. The predicted molar refractivity (Wildman–Crippen MR) is 52.1 cm³/mol. The topological polar surface area (TPSA) is 12.5 Å². The summed E-state index contributed by atoms with van der Waals surface area (Å²) in [7, 11) is 0. The third-order valence-corrected chi connectivity index (χ3v) is 2.96. The zero-order valence-corrected chi connectivity index (χ0v) is 8.60. The molecular weight excluding hydrogens is 216 g/mol. The number of hydrogen-bond acceptors (Lipinski definition) is 1. The lowest BCUT2D eigenvalue weighted by atomic mass is 9.98. The molecule has 64 valence electrons. The molecular formula is C10H11BrO. The average Bonchev–Trinajstić information content (AvgIpc) is 2.86. The lowest BCUT2D eigenvalue weighted by Gasteiger charge is -2.08. The fourth-order valence-electron chi connectivity index (χ4n) is 1.42. The highest BCUT2D eigenvalue weighted by Crippen LogP contribution is 2.41. The van der Waals surface area contributed by atoms with E-state index in [9.17, 15) is 0 Å². The first-order valence-electron chi connectivity index (χ1n) is 4.17. The summed E-state index contributed by atoms with van der Waals surface area (Å²) in [6, 6.07) is 8.38. The van der Waals surface area contributed by atoms with Crippen molar-refractivity contribution in [1.29, 1.82) is 0 Å². The van der Waals surface area contributed by atoms with Crippen molar-refractivity contribution in [2.75, 3.05) is 6.61 Å². The van der Waals surface area contributed by atoms with Crippen LogP contribution in [0.2, 0.25) is 0 Å². The van der Waals surface area contributed by atoms with Crippen molar-refractivity contribution in [2.45, 2.75) is 18.9 Å². The van der Waals surface area contributed by atoms with Crippen LogP contribution in [-0.4, -0.2) is 6.61 Å². The van der Waals surface area contributed by atoms with Gasteiger partial charge in [0.05, 0.1) is 6.61 Å². The Hall–Kier alpha value is -0.340. The standard InChI is InChI=1S/C10H11BrO/c1-2-10(7-12-10)8-3-5-9(11)6-4-8/h3-6H,2,7H2,1H3. The summed E-state index contributed by atoms with van der Waals surface area (Å²) >= 11 is 3.41. The van der Waals surface area contributed by atoms with Crippen molar-refractivity contribution in [2.24, 2.45) is 0 Å².